The summed E-state index contributed by atoms with van der Waals surface area (Å²) in [7, 11) is 4.04. The molecular weight excluding hydrogens is 340 g/mol. The zero-order chi connectivity index (χ0) is 19.2. The lowest BCUT2D eigenvalue weighted by atomic mass is 10.1. The summed E-state index contributed by atoms with van der Waals surface area (Å²) in [5.74, 6) is 0.196. The maximum atomic E-state index is 12.3. The molecule has 1 fully saturated rings. The number of anilines is 2. The van der Waals surface area contributed by atoms with Crippen LogP contribution < -0.4 is 16.0 Å². The van der Waals surface area contributed by atoms with Gasteiger partial charge in [0.2, 0.25) is 5.91 Å². The number of urea groups is 1. The second-order valence-corrected chi connectivity index (χ2v) is 7.16. The SMILES string of the molecule is CN(C)Cc1ccccc1CNC(=O)Nc1cccc(NC(=O)C2CC2)c1. The van der Waals surface area contributed by atoms with E-state index in [1.165, 1.54) is 5.56 Å². The highest BCUT2D eigenvalue weighted by Crippen LogP contribution is 2.30. The highest BCUT2D eigenvalue weighted by Gasteiger charge is 2.29. The Bertz CT molecular complexity index is 815. The van der Waals surface area contributed by atoms with Gasteiger partial charge in [-0.3, -0.25) is 4.79 Å². The molecule has 0 atom stereocenters. The molecule has 3 amide bonds. The smallest absolute Gasteiger partial charge is 0.319 e. The Morgan fingerprint density at radius 3 is 2.30 bits per heavy atom. The summed E-state index contributed by atoms with van der Waals surface area (Å²) in [6.45, 7) is 1.27. The number of nitrogens with zero attached hydrogens (tertiary/aromatic N) is 1. The molecule has 27 heavy (non-hydrogen) atoms. The van der Waals surface area contributed by atoms with Gasteiger partial charge in [-0.1, -0.05) is 30.3 Å². The highest BCUT2D eigenvalue weighted by molar-refractivity contribution is 5.95. The molecular formula is C21H26N4O2. The van der Waals surface area contributed by atoms with Crippen LogP contribution in [0.1, 0.15) is 24.0 Å². The summed E-state index contributed by atoms with van der Waals surface area (Å²) in [5.41, 5.74) is 3.61. The molecule has 1 aliphatic rings. The number of hydrogen-bond acceptors (Lipinski definition) is 3. The molecule has 1 saturated carbocycles. The van der Waals surface area contributed by atoms with Crippen molar-refractivity contribution in [1.82, 2.24) is 10.2 Å². The Morgan fingerprint density at radius 2 is 1.63 bits per heavy atom. The summed E-state index contributed by atoms with van der Waals surface area (Å²) in [6, 6.07) is 15.0. The van der Waals surface area contributed by atoms with Crippen LogP contribution in [0.5, 0.6) is 0 Å². The van der Waals surface area contributed by atoms with Crippen LogP contribution in [-0.4, -0.2) is 30.9 Å². The third-order valence-corrected chi connectivity index (χ3v) is 4.38. The number of carbonyl (C=O) groups is 2. The van der Waals surface area contributed by atoms with Gasteiger partial charge in [0.15, 0.2) is 0 Å². The highest BCUT2D eigenvalue weighted by atomic mass is 16.2. The summed E-state index contributed by atoms with van der Waals surface area (Å²) in [5, 5.41) is 8.60. The van der Waals surface area contributed by atoms with E-state index in [0.29, 0.717) is 17.9 Å². The van der Waals surface area contributed by atoms with E-state index in [2.05, 4.69) is 26.9 Å². The molecule has 2 aromatic rings. The van der Waals surface area contributed by atoms with Crippen molar-refractivity contribution in [2.45, 2.75) is 25.9 Å². The van der Waals surface area contributed by atoms with Crippen LogP contribution in [0.3, 0.4) is 0 Å². The van der Waals surface area contributed by atoms with E-state index in [4.69, 9.17) is 0 Å². The molecule has 142 valence electrons. The second kappa shape index (κ2) is 8.68. The second-order valence-electron chi connectivity index (χ2n) is 7.16. The fraction of sp³-hybridized carbons (Fsp3) is 0.333. The maximum absolute atomic E-state index is 12.3. The lowest BCUT2D eigenvalue weighted by Crippen LogP contribution is -2.29. The molecule has 3 rings (SSSR count). The first-order valence-electron chi connectivity index (χ1n) is 9.18. The molecule has 6 heteroatoms. The summed E-state index contributed by atoms with van der Waals surface area (Å²) in [6.07, 6.45) is 1.92. The van der Waals surface area contributed by atoms with Crippen molar-refractivity contribution in [3.8, 4) is 0 Å². The predicted molar refractivity (Wildman–Crippen MR) is 107 cm³/mol. The third-order valence-electron chi connectivity index (χ3n) is 4.38. The van der Waals surface area contributed by atoms with Crippen molar-refractivity contribution < 1.29 is 9.59 Å². The number of hydrogen-bond donors (Lipinski definition) is 3. The van der Waals surface area contributed by atoms with Gasteiger partial charge in [-0.05, 0) is 56.3 Å². The van der Waals surface area contributed by atoms with Crippen LogP contribution in [0.15, 0.2) is 48.5 Å². The number of rotatable bonds is 7. The number of amides is 3. The van der Waals surface area contributed by atoms with Gasteiger partial charge in [-0.15, -0.1) is 0 Å². The number of benzene rings is 2. The van der Waals surface area contributed by atoms with E-state index >= 15 is 0 Å². The zero-order valence-electron chi connectivity index (χ0n) is 15.8. The Hall–Kier alpha value is -2.86. The van der Waals surface area contributed by atoms with Crippen LogP contribution in [0.2, 0.25) is 0 Å². The number of nitrogens with one attached hydrogen (secondary N) is 3. The molecule has 0 unspecified atom stereocenters. The molecule has 0 spiro atoms. The van der Waals surface area contributed by atoms with Crippen LogP contribution >= 0.6 is 0 Å². The summed E-state index contributed by atoms with van der Waals surface area (Å²) in [4.78, 5) is 26.2. The molecule has 0 radical (unpaired) electrons. The summed E-state index contributed by atoms with van der Waals surface area (Å²) >= 11 is 0. The fourth-order valence-corrected chi connectivity index (χ4v) is 2.84. The van der Waals surface area contributed by atoms with E-state index in [9.17, 15) is 9.59 Å². The third kappa shape index (κ3) is 5.82. The Balaban J connectivity index is 1.54. The molecule has 6 nitrogen and oxygen atoms in total. The normalized spacial score (nSPS) is 13.3. The van der Waals surface area contributed by atoms with Gasteiger partial charge in [0.25, 0.3) is 0 Å². The van der Waals surface area contributed by atoms with Crippen molar-refractivity contribution in [3.05, 3.63) is 59.7 Å². The Kier molecular flexibility index (Phi) is 6.08. The first-order chi connectivity index (χ1) is 13.0. The lowest BCUT2D eigenvalue weighted by molar-refractivity contribution is -0.117. The molecule has 0 aromatic heterocycles. The molecule has 0 saturated heterocycles. The van der Waals surface area contributed by atoms with Crippen LogP contribution in [0.25, 0.3) is 0 Å². The van der Waals surface area contributed by atoms with Crippen LogP contribution in [0, 0.1) is 5.92 Å². The van der Waals surface area contributed by atoms with Crippen molar-refractivity contribution in [2.24, 2.45) is 5.92 Å². The Morgan fingerprint density at radius 1 is 0.963 bits per heavy atom. The van der Waals surface area contributed by atoms with Gasteiger partial charge in [0.1, 0.15) is 0 Å². The molecule has 0 bridgehead atoms. The quantitative estimate of drug-likeness (QED) is 0.703. The van der Waals surface area contributed by atoms with Crippen molar-refractivity contribution >= 4 is 23.3 Å². The van der Waals surface area contributed by atoms with Gasteiger partial charge < -0.3 is 20.9 Å². The van der Waals surface area contributed by atoms with Crippen molar-refractivity contribution in [3.63, 3.8) is 0 Å². The minimum Gasteiger partial charge on any atom is -0.334 e. The van der Waals surface area contributed by atoms with Crippen LogP contribution in [-0.2, 0) is 17.9 Å². The minimum atomic E-state index is -0.277. The zero-order valence-corrected chi connectivity index (χ0v) is 15.8. The average molecular weight is 366 g/mol. The first kappa shape index (κ1) is 18.9. The standard InChI is InChI=1S/C21H26N4O2/c1-25(2)14-17-7-4-3-6-16(17)13-22-21(27)24-19-9-5-8-18(12-19)23-20(26)15-10-11-15/h3-9,12,15H,10-11,13-14H2,1-2H3,(H,23,26)(H2,22,24,27). The molecule has 0 heterocycles. The van der Waals surface area contributed by atoms with E-state index in [0.717, 1.165) is 24.9 Å². The topological polar surface area (TPSA) is 73.5 Å². The molecule has 1 aliphatic carbocycles. The van der Waals surface area contributed by atoms with Gasteiger partial charge in [-0.2, -0.15) is 0 Å². The molecule has 2 aromatic carbocycles. The predicted octanol–water partition coefficient (Wildman–Crippen LogP) is 3.42. The van der Waals surface area contributed by atoms with E-state index in [1.54, 1.807) is 12.1 Å². The van der Waals surface area contributed by atoms with Crippen LogP contribution in [0.4, 0.5) is 16.2 Å². The van der Waals surface area contributed by atoms with E-state index < -0.39 is 0 Å². The first-order valence-corrected chi connectivity index (χ1v) is 9.18. The number of carbonyl (C=O) groups excluding carboxylic acids is 2. The van der Waals surface area contributed by atoms with Gasteiger partial charge in [0, 0.05) is 30.4 Å². The fourth-order valence-electron chi connectivity index (χ4n) is 2.84. The van der Waals surface area contributed by atoms with Gasteiger partial charge >= 0.3 is 6.03 Å². The maximum Gasteiger partial charge on any atom is 0.319 e. The molecule has 3 N–H and O–H groups in total. The lowest BCUT2D eigenvalue weighted by Gasteiger charge is -2.15. The average Bonchev–Trinajstić information content (AvgIpc) is 3.46. The monoisotopic (exact) mass is 366 g/mol. The van der Waals surface area contributed by atoms with Crippen molar-refractivity contribution in [2.75, 3.05) is 24.7 Å². The molecule has 0 aliphatic heterocycles. The van der Waals surface area contributed by atoms with Crippen molar-refractivity contribution in [1.29, 1.82) is 0 Å². The summed E-state index contributed by atoms with van der Waals surface area (Å²) < 4.78 is 0. The van der Waals surface area contributed by atoms with E-state index in [-0.39, 0.29) is 17.9 Å². The minimum absolute atomic E-state index is 0.0501. The Labute approximate surface area is 159 Å². The largest absolute Gasteiger partial charge is 0.334 e. The van der Waals surface area contributed by atoms with Gasteiger partial charge in [0.05, 0.1) is 0 Å². The van der Waals surface area contributed by atoms with E-state index in [1.807, 2.05) is 44.4 Å². The van der Waals surface area contributed by atoms with Gasteiger partial charge in [-0.25, -0.2) is 4.79 Å².